The van der Waals surface area contributed by atoms with Gasteiger partial charge in [-0.2, -0.15) is 0 Å². The molecule has 8 heteroatoms. The number of halogens is 1. The average molecular weight is 410 g/mol. The average Bonchev–Trinajstić information content (AvgIpc) is 2.74. The smallest absolute Gasteiger partial charge is 0.407 e. The number of hydrogen-bond donors (Lipinski definition) is 2. The number of ether oxygens (including phenoxy) is 1. The normalized spacial score (nSPS) is 16.5. The van der Waals surface area contributed by atoms with Crippen LogP contribution in [0, 0.1) is 12.7 Å². The Hall–Kier alpha value is -3.42. The van der Waals surface area contributed by atoms with Crippen molar-refractivity contribution < 1.29 is 19.0 Å². The zero-order chi connectivity index (χ0) is 21.3. The first-order valence-electron chi connectivity index (χ1n) is 9.81. The van der Waals surface area contributed by atoms with Crippen molar-refractivity contribution in [2.24, 2.45) is 0 Å². The number of rotatable bonds is 4. The van der Waals surface area contributed by atoms with Crippen LogP contribution in [-0.2, 0) is 0 Å². The van der Waals surface area contributed by atoms with E-state index in [9.17, 15) is 14.3 Å². The molecule has 1 fully saturated rings. The molecule has 0 bridgehead atoms. The van der Waals surface area contributed by atoms with Gasteiger partial charge in [-0.25, -0.2) is 9.18 Å². The van der Waals surface area contributed by atoms with E-state index in [1.807, 2.05) is 25.1 Å². The Labute approximate surface area is 173 Å². The zero-order valence-corrected chi connectivity index (χ0v) is 16.9. The van der Waals surface area contributed by atoms with Crippen molar-refractivity contribution in [2.75, 3.05) is 25.5 Å². The number of fused-ring (bicyclic) bond motifs is 1. The molecule has 0 aliphatic carbocycles. The number of nitrogens with one attached hydrogen (secondary N) is 1. The quantitative estimate of drug-likeness (QED) is 0.667. The van der Waals surface area contributed by atoms with Crippen molar-refractivity contribution in [3.05, 3.63) is 47.8 Å². The molecule has 1 aliphatic rings. The number of carboxylic acid groups (broad SMARTS) is 1. The van der Waals surface area contributed by atoms with Crippen molar-refractivity contribution in [2.45, 2.75) is 25.8 Å². The highest BCUT2D eigenvalue weighted by atomic mass is 19.1. The predicted molar refractivity (Wildman–Crippen MR) is 112 cm³/mol. The van der Waals surface area contributed by atoms with Crippen LogP contribution in [0.3, 0.4) is 0 Å². The van der Waals surface area contributed by atoms with Crippen LogP contribution in [0.4, 0.5) is 15.0 Å². The van der Waals surface area contributed by atoms with Gasteiger partial charge in [-0.15, -0.1) is 10.2 Å². The Balaban J connectivity index is 1.76. The summed E-state index contributed by atoms with van der Waals surface area (Å²) in [7, 11) is 1.60. The summed E-state index contributed by atoms with van der Waals surface area (Å²) >= 11 is 0. The molecule has 2 N–H and O–H groups in total. The van der Waals surface area contributed by atoms with Crippen molar-refractivity contribution in [3.8, 4) is 17.0 Å². The number of benzene rings is 2. The van der Waals surface area contributed by atoms with Crippen LogP contribution in [0.1, 0.15) is 18.4 Å². The Morgan fingerprint density at radius 3 is 2.83 bits per heavy atom. The fourth-order valence-corrected chi connectivity index (χ4v) is 3.89. The van der Waals surface area contributed by atoms with E-state index in [1.165, 1.54) is 17.0 Å². The summed E-state index contributed by atoms with van der Waals surface area (Å²) in [6, 6.07) is 10.2. The highest BCUT2D eigenvalue weighted by molar-refractivity contribution is 6.01. The van der Waals surface area contributed by atoms with Crippen LogP contribution in [0.2, 0.25) is 0 Å². The number of carbonyl (C=O) groups is 1. The molecule has 1 aliphatic heterocycles. The van der Waals surface area contributed by atoms with Crippen LogP contribution < -0.4 is 10.1 Å². The van der Waals surface area contributed by atoms with Gasteiger partial charge in [-0.3, -0.25) is 0 Å². The van der Waals surface area contributed by atoms with E-state index in [0.717, 1.165) is 29.4 Å². The molecule has 2 aromatic carbocycles. The zero-order valence-electron chi connectivity index (χ0n) is 16.9. The second-order valence-electron chi connectivity index (χ2n) is 7.50. The largest absolute Gasteiger partial charge is 0.496 e. The lowest BCUT2D eigenvalue weighted by Gasteiger charge is -2.31. The van der Waals surface area contributed by atoms with Crippen LogP contribution in [0.5, 0.6) is 5.75 Å². The minimum Gasteiger partial charge on any atom is -0.496 e. The second-order valence-corrected chi connectivity index (χ2v) is 7.50. The number of aryl methyl sites for hydroxylation is 1. The molecule has 30 heavy (non-hydrogen) atoms. The third kappa shape index (κ3) is 3.85. The molecular weight excluding hydrogens is 387 g/mol. The number of aromatic nitrogens is 2. The van der Waals surface area contributed by atoms with Gasteiger partial charge in [0.1, 0.15) is 17.3 Å². The van der Waals surface area contributed by atoms with E-state index < -0.39 is 6.09 Å². The molecule has 3 aromatic rings. The fourth-order valence-electron chi connectivity index (χ4n) is 3.89. The number of piperidine rings is 1. The van der Waals surface area contributed by atoms with Crippen LogP contribution in [0.15, 0.2) is 36.4 Å². The van der Waals surface area contributed by atoms with Gasteiger partial charge in [0, 0.05) is 35.5 Å². The molecule has 0 unspecified atom stereocenters. The molecule has 7 nitrogen and oxygen atoms in total. The van der Waals surface area contributed by atoms with Gasteiger partial charge in [0.25, 0.3) is 0 Å². The Morgan fingerprint density at radius 1 is 1.23 bits per heavy atom. The van der Waals surface area contributed by atoms with E-state index in [2.05, 4.69) is 15.5 Å². The number of methoxy groups -OCH3 is 1. The molecule has 0 saturated carbocycles. The Bertz CT molecular complexity index is 1110. The van der Waals surface area contributed by atoms with E-state index in [0.29, 0.717) is 35.7 Å². The number of hydrogen-bond acceptors (Lipinski definition) is 5. The van der Waals surface area contributed by atoms with E-state index >= 15 is 0 Å². The molecule has 4 rings (SSSR count). The van der Waals surface area contributed by atoms with Crippen LogP contribution in [0.25, 0.3) is 22.0 Å². The number of nitrogens with zero attached hydrogens (tertiary/aromatic N) is 3. The SMILES string of the molecule is COc1cc(C)ccc1-c1nnc(N[C@@H]2CCCN(C(=O)O)C2)c2cc(F)ccc12. The lowest BCUT2D eigenvalue weighted by atomic mass is 10.0. The number of amides is 1. The third-order valence-corrected chi connectivity index (χ3v) is 5.39. The summed E-state index contributed by atoms with van der Waals surface area (Å²) < 4.78 is 19.6. The van der Waals surface area contributed by atoms with Crippen LogP contribution >= 0.6 is 0 Å². The summed E-state index contributed by atoms with van der Waals surface area (Å²) in [4.78, 5) is 12.7. The molecule has 1 saturated heterocycles. The van der Waals surface area contributed by atoms with Crippen LogP contribution in [-0.4, -0.2) is 52.5 Å². The van der Waals surface area contributed by atoms with Gasteiger partial charge in [0.2, 0.25) is 0 Å². The molecule has 1 atom stereocenters. The van der Waals surface area contributed by atoms with Gasteiger partial charge in [0.15, 0.2) is 5.82 Å². The van der Waals surface area contributed by atoms with Gasteiger partial charge in [-0.1, -0.05) is 6.07 Å². The molecule has 2 heterocycles. The van der Waals surface area contributed by atoms with Gasteiger partial charge in [0.05, 0.1) is 7.11 Å². The van der Waals surface area contributed by atoms with E-state index in [1.54, 1.807) is 13.2 Å². The summed E-state index contributed by atoms with van der Waals surface area (Å²) in [5.74, 6) is 0.729. The molecule has 1 aromatic heterocycles. The van der Waals surface area contributed by atoms with E-state index in [-0.39, 0.29) is 11.9 Å². The van der Waals surface area contributed by atoms with Gasteiger partial charge in [-0.05, 0) is 55.7 Å². The van der Waals surface area contributed by atoms with Crippen molar-refractivity contribution >= 4 is 22.7 Å². The highest BCUT2D eigenvalue weighted by Gasteiger charge is 2.24. The molecule has 0 radical (unpaired) electrons. The Morgan fingerprint density at radius 2 is 2.07 bits per heavy atom. The maximum absolute atomic E-state index is 14.1. The summed E-state index contributed by atoms with van der Waals surface area (Å²) in [5.41, 5.74) is 2.43. The van der Waals surface area contributed by atoms with E-state index in [4.69, 9.17) is 4.74 Å². The lowest BCUT2D eigenvalue weighted by molar-refractivity contribution is 0.133. The minimum atomic E-state index is -0.940. The van der Waals surface area contributed by atoms with Crippen molar-refractivity contribution in [3.63, 3.8) is 0 Å². The number of likely N-dealkylation sites (tertiary alicyclic amines) is 1. The second kappa shape index (κ2) is 8.14. The Kier molecular flexibility index (Phi) is 5.39. The maximum Gasteiger partial charge on any atom is 0.407 e. The predicted octanol–water partition coefficient (Wildman–Crippen LogP) is 4.31. The standard InChI is InChI=1S/C22H23FN4O3/c1-13-5-7-17(19(10-13)30-2)20-16-8-6-14(23)11-18(16)21(26-25-20)24-15-4-3-9-27(12-15)22(28)29/h5-8,10-11,15H,3-4,9,12H2,1-2H3,(H,24,26)(H,28,29)/t15-/m1/s1. The molecule has 0 spiro atoms. The number of anilines is 1. The topological polar surface area (TPSA) is 87.6 Å². The molecule has 156 valence electrons. The summed E-state index contributed by atoms with van der Waals surface area (Å²) in [6.07, 6.45) is 0.614. The monoisotopic (exact) mass is 410 g/mol. The summed E-state index contributed by atoms with van der Waals surface area (Å²) in [6.45, 7) is 2.84. The van der Waals surface area contributed by atoms with Crippen molar-refractivity contribution in [1.82, 2.24) is 15.1 Å². The van der Waals surface area contributed by atoms with Crippen molar-refractivity contribution in [1.29, 1.82) is 0 Å². The minimum absolute atomic E-state index is 0.115. The first-order valence-corrected chi connectivity index (χ1v) is 9.81. The highest BCUT2D eigenvalue weighted by Crippen LogP contribution is 2.36. The fraction of sp³-hybridized carbons (Fsp3) is 0.318. The van der Waals surface area contributed by atoms with Gasteiger partial charge >= 0.3 is 6.09 Å². The maximum atomic E-state index is 14.1. The first-order chi connectivity index (χ1) is 14.5. The van der Waals surface area contributed by atoms with Gasteiger partial charge < -0.3 is 20.1 Å². The lowest BCUT2D eigenvalue weighted by Crippen LogP contribution is -2.44. The third-order valence-electron chi connectivity index (χ3n) is 5.39. The first kappa shape index (κ1) is 19.9. The summed E-state index contributed by atoms with van der Waals surface area (Å²) in [5, 5.41) is 22.6. The molecule has 1 amide bonds. The molecular formula is C22H23FN4O3.